The Morgan fingerprint density at radius 2 is 1.97 bits per heavy atom. The maximum absolute atomic E-state index is 12.5. The molecule has 12 nitrogen and oxygen atoms in total. The highest BCUT2D eigenvalue weighted by Gasteiger charge is 2.49. The lowest BCUT2D eigenvalue weighted by molar-refractivity contribution is -0.139. The van der Waals surface area contributed by atoms with Gasteiger partial charge in [-0.15, -0.1) is 4.28 Å². The molecular weight excluding hydrogens is 418 g/mol. The summed E-state index contributed by atoms with van der Waals surface area (Å²) in [6.45, 7) is 3.67. The molecule has 4 aliphatic rings. The van der Waals surface area contributed by atoms with Crippen molar-refractivity contribution >= 4 is 22.3 Å². The molecule has 4 aliphatic heterocycles. The Morgan fingerprint density at radius 1 is 1.20 bits per heavy atom. The topological polar surface area (TPSA) is 141 Å². The smallest absolute Gasteiger partial charge is 0.310 e. The fourth-order valence-corrected chi connectivity index (χ4v) is 5.26. The molecule has 1 unspecified atom stereocenters. The first-order chi connectivity index (χ1) is 14.3. The number of carbonyl (C=O) groups is 2. The third-order valence-corrected chi connectivity index (χ3v) is 6.71. The molecule has 4 saturated heterocycles. The van der Waals surface area contributed by atoms with E-state index in [9.17, 15) is 18.0 Å². The molecule has 3 N–H and O–H groups in total. The van der Waals surface area contributed by atoms with E-state index >= 15 is 0 Å². The lowest BCUT2D eigenvalue weighted by Gasteiger charge is -2.31. The first kappa shape index (κ1) is 21.7. The van der Waals surface area contributed by atoms with Crippen molar-refractivity contribution in [1.29, 1.82) is 0 Å². The van der Waals surface area contributed by atoms with Crippen LogP contribution in [0.25, 0.3) is 0 Å². The van der Waals surface area contributed by atoms with Crippen molar-refractivity contribution in [3.8, 4) is 0 Å². The van der Waals surface area contributed by atoms with Crippen LogP contribution in [0.5, 0.6) is 0 Å². The number of fused-ring (bicyclic) bond motifs is 2. The second kappa shape index (κ2) is 8.93. The minimum atomic E-state index is -4.81. The van der Waals surface area contributed by atoms with Gasteiger partial charge in [-0.25, -0.2) is 10.3 Å². The maximum Gasteiger partial charge on any atom is 0.418 e. The molecule has 0 saturated carbocycles. The second-order valence-corrected chi connectivity index (χ2v) is 9.38. The molecular formula is C17H29N5O7S. The van der Waals surface area contributed by atoms with Crippen molar-refractivity contribution in [3.63, 3.8) is 0 Å². The lowest BCUT2D eigenvalue weighted by Crippen LogP contribution is -2.50. The van der Waals surface area contributed by atoms with Crippen molar-refractivity contribution in [2.24, 2.45) is 0 Å². The van der Waals surface area contributed by atoms with Crippen LogP contribution in [-0.4, -0.2) is 96.7 Å². The van der Waals surface area contributed by atoms with Crippen LogP contribution in [-0.2, 0) is 24.3 Å². The Labute approximate surface area is 175 Å². The molecule has 4 atom stereocenters. The van der Waals surface area contributed by atoms with Gasteiger partial charge in [-0.1, -0.05) is 6.42 Å². The number of hydroxylamine groups is 3. The number of nitrogens with one attached hydrogen (secondary N) is 2. The number of urea groups is 1. The normalized spacial score (nSPS) is 32.6. The highest BCUT2D eigenvalue weighted by Crippen LogP contribution is 2.30. The van der Waals surface area contributed by atoms with Crippen molar-refractivity contribution in [1.82, 2.24) is 25.7 Å². The van der Waals surface area contributed by atoms with E-state index in [1.807, 2.05) is 0 Å². The summed E-state index contributed by atoms with van der Waals surface area (Å²) in [5.41, 5.74) is 2.43. The van der Waals surface area contributed by atoms with Gasteiger partial charge in [-0.3, -0.25) is 19.1 Å². The van der Waals surface area contributed by atoms with Crippen LogP contribution in [0, 0.1) is 0 Å². The van der Waals surface area contributed by atoms with Crippen LogP contribution in [0.2, 0.25) is 0 Å². The van der Waals surface area contributed by atoms with Gasteiger partial charge in [-0.05, 0) is 45.2 Å². The van der Waals surface area contributed by atoms with Crippen molar-refractivity contribution in [3.05, 3.63) is 0 Å². The van der Waals surface area contributed by atoms with Gasteiger partial charge in [0.1, 0.15) is 6.04 Å². The summed E-state index contributed by atoms with van der Waals surface area (Å²) in [5, 5.41) is 4.05. The first-order valence-corrected chi connectivity index (χ1v) is 11.8. The van der Waals surface area contributed by atoms with Crippen LogP contribution >= 0.6 is 0 Å². The van der Waals surface area contributed by atoms with Gasteiger partial charge in [0, 0.05) is 25.2 Å². The molecule has 0 radical (unpaired) electrons. The zero-order chi connectivity index (χ0) is 21.3. The molecule has 2 bridgehead atoms. The van der Waals surface area contributed by atoms with Crippen LogP contribution in [0.1, 0.15) is 38.5 Å². The molecule has 0 aromatic heterocycles. The van der Waals surface area contributed by atoms with E-state index in [0.29, 0.717) is 30.6 Å². The van der Waals surface area contributed by atoms with Crippen molar-refractivity contribution < 1.29 is 31.7 Å². The molecule has 30 heavy (non-hydrogen) atoms. The van der Waals surface area contributed by atoms with Crippen LogP contribution < -0.4 is 10.8 Å². The van der Waals surface area contributed by atoms with Gasteiger partial charge >= 0.3 is 16.4 Å². The standard InChI is InChI=1S/C17H29N5O7S/c23-16(15-5-4-13-10-21(15)17(24)22(13)29-30(25,26)27)19-28-11-12-8-14(9-18-12)20-6-2-1-3-7-20/h12-15,18H,1-11H2,(H,19,23)(H,25,26,27)/t12?,13-,14+,15+/m1/s1. The fraction of sp³-hybridized carbons (Fsp3) is 0.882. The molecule has 170 valence electrons. The Hall–Kier alpha value is -1.51. The van der Waals surface area contributed by atoms with E-state index in [-0.39, 0.29) is 12.6 Å². The summed E-state index contributed by atoms with van der Waals surface area (Å²) in [6.07, 6.45) is 5.48. The van der Waals surface area contributed by atoms with E-state index < -0.39 is 34.4 Å². The summed E-state index contributed by atoms with van der Waals surface area (Å²) in [6, 6.07) is -1.42. The van der Waals surface area contributed by atoms with E-state index in [2.05, 4.69) is 20.0 Å². The highest BCUT2D eigenvalue weighted by atomic mass is 32.3. The fourth-order valence-electron chi connectivity index (χ4n) is 4.87. The van der Waals surface area contributed by atoms with Gasteiger partial charge in [0.05, 0.1) is 12.6 Å². The van der Waals surface area contributed by atoms with Gasteiger partial charge in [0.25, 0.3) is 5.91 Å². The van der Waals surface area contributed by atoms with Gasteiger partial charge in [0.15, 0.2) is 0 Å². The predicted octanol–water partition coefficient (Wildman–Crippen LogP) is -0.746. The highest BCUT2D eigenvalue weighted by molar-refractivity contribution is 7.80. The van der Waals surface area contributed by atoms with E-state index in [4.69, 9.17) is 9.39 Å². The molecule has 0 aromatic carbocycles. The average molecular weight is 448 g/mol. The quantitative estimate of drug-likeness (QED) is 0.340. The first-order valence-electron chi connectivity index (χ1n) is 10.5. The maximum atomic E-state index is 12.5. The summed E-state index contributed by atoms with van der Waals surface area (Å²) in [4.78, 5) is 34.1. The summed E-state index contributed by atoms with van der Waals surface area (Å²) >= 11 is 0. The number of carbonyl (C=O) groups excluding carboxylic acids is 2. The zero-order valence-corrected chi connectivity index (χ0v) is 17.6. The molecule has 4 rings (SSSR count). The lowest BCUT2D eigenvalue weighted by atomic mass is 10.0. The largest absolute Gasteiger partial charge is 0.418 e. The van der Waals surface area contributed by atoms with E-state index in [0.717, 1.165) is 26.1 Å². The molecule has 0 spiro atoms. The SMILES string of the molecule is O=C(NOCC1C[C@H](N2CCCCC2)CN1)[C@@H]1CC[C@@H]2CN1C(=O)N2OS(=O)(=O)O. The molecule has 0 aromatic rings. The minimum Gasteiger partial charge on any atom is -0.310 e. The van der Waals surface area contributed by atoms with Crippen LogP contribution in [0.3, 0.4) is 0 Å². The molecule has 13 heteroatoms. The van der Waals surface area contributed by atoms with E-state index in [1.165, 1.54) is 24.2 Å². The number of piperidine rings is 2. The number of likely N-dealkylation sites (tertiary alicyclic amines) is 1. The van der Waals surface area contributed by atoms with Gasteiger partial charge in [-0.2, -0.15) is 13.5 Å². The predicted molar refractivity (Wildman–Crippen MR) is 103 cm³/mol. The summed E-state index contributed by atoms with van der Waals surface area (Å²) in [5.74, 6) is -0.457. The second-order valence-electron chi connectivity index (χ2n) is 8.38. The zero-order valence-electron chi connectivity index (χ0n) is 16.7. The van der Waals surface area contributed by atoms with E-state index in [1.54, 1.807) is 0 Å². The number of hydrogen-bond donors (Lipinski definition) is 3. The third-order valence-electron chi connectivity index (χ3n) is 6.36. The van der Waals surface area contributed by atoms with Crippen molar-refractivity contribution in [2.75, 3.05) is 32.8 Å². The average Bonchev–Trinajstić information content (AvgIpc) is 3.27. The molecule has 4 fully saturated rings. The van der Waals surface area contributed by atoms with Crippen LogP contribution in [0.15, 0.2) is 0 Å². The Balaban J connectivity index is 1.22. The summed E-state index contributed by atoms with van der Waals surface area (Å²) in [7, 11) is -4.81. The monoisotopic (exact) mass is 447 g/mol. The van der Waals surface area contributed by atoms with Crippen LogP contribution in [0.4, 0.5) is 4.79 Å². The third kappa shape index (κ3) is 4.86. The van der Waals surface area contributed by atoms with Crippen molar-refractivity contribution in [2.45, 2.75) is 62.7 Å². The molecule has 3 amide bonds. The number of hydrogen-bond acceptors (Lipinski definition) is 8. The van der Waals surface area contributed by atoms with Gasteiger partial charge in [0.2, 0.25) is 0 Å². The Kier molecular flexibility index (Phi) is 6.46. The number of amides is 3. The Morgan fingerprint density at radius 3 is 2.70 bits per heavy atom. The molecule has 0 aliphatic carbocycles. The molecule has 4 heterocycles. The minimum absolute atomic E-state index is 0.147. The number of rotatable bonds is 7. The number of nitrogens with zero attached hydrogens (tertiary/aromatic N) is 3. The summed E-state index contributed by atoms with van der Waals surface area (Å²) < 4.78 is 35.1. The van der Waals surface area contributed by atoms with Gasteiger partial charge < -0.3 is 10.2 Å². The Bertz CT molecular complexity index is 760.